The van der Waals surface area contributed by atoms with Crippen molar-refractivity contribution in [1.82, 2.24) is 4.98 Å². The molecule has 0 bridgehead atoms. The highest BCUT2D eigenvalue weighted by Crippen LogP contribution is 2.27. The molecule has 1 saturated heterocycles. The smallest absolute Gasteiger partial charge is 0.248 e. The predicted octanol–water partition coefficient (Wildman–Crippen LogP) is 3.65. The second-order valence-corrected chi connectivity index (χ2v) is 5.97. The second kappa shape index (κ2) is 6.36. The van der Waals surface area contributed by atoms with Crippen LogP contribution >= 0.6 is 11.6 Å². The summed E-state index contributed by atoms with van der Waals surface area (Å²) in [6, 6.07) is 11.2. The fourth-order valence-corrected chi connectivity index (χ4v) is 2.86. The highest BCUT2D eigenvalue weighted by molar-refractivity contribution is 6.30. The van der Waals surface area contributed by atoms with E-state index in [1.54, 1.807) is 6.20 Å². The highest BCUT2D eigenvalue weighted by atomic mass is 35.5. The Balaban J connectivity index is 1.73. The Morgan fingerprint density at radius 3 is 2.73 bits per heavy atom. The number of pyridine rings is 1. The molecule has 2 heterocycles. The van der Waals surface area contributed by atoms with Crippen molar-refractivity contribution in [2.24, 2.45) is 0 Å². The van der Waals surface area contributed by atoms with Crippen LogP contribution in [0.5, 0.6) is 0 Å². The maximum atomic E-state index is 12.5. The number of anilines is 2. The third-order valence-corrected chi connectivity index (χ3v) is 4.13. The van der Waals surface area contributed by atoms with Crippen LogP contribution in [-0.2, 0) is 4.79 Å². The highest BCUT2D eigenvalue weighted by Gasteiger charge is 2.31. The molecule has 3 rings (SSSR count). The number of amides is 1. The first-order chi connectivity index (χ1) is 10.6. The van der Waals surface area contributed by atoms with E-state index >= 15 is 0 Å². The van der Waals surface area contributed by atoms with Gasteiger partial charge in [0.2, 0.25) is 5.91 Å². The van der Waals surface area contributed by atoms with Gasteiger partial charge < -0.3 is 10.2 Å². The van der Waals surface area contributed by atoms with Gasteiger partial charge >= 0.3 is 0 Å². The number of hydrogen-bond acceptors (Lipinski definition) is 3. The summed E-state index contributed by atoms with van der Waals surface area (Å²) < 4.78 is 0. The van der Waals surface area contributed by atoms with Crippen molar-refractivity contribution in [1.29, 1.82) is 0 Å². The molecular formula is C17H18ClN3O. The molecule has 2 aromatic rings. The number of nitrogens with one attached hydrogen (secondary N) is 1. The summed E-state index contributed by atoms with van der Waals surface area (Å²) >= 11 is 5.93. The fourth-order valence-electron chi connectivity index (χ4n) is 2.73. The molecule has 0 unspecified atom stereocenters. The molecular weight excluding hydrogens is 298 g/mol. The maximum Gasteiger partial charge on any atom is 0.248 e. The van der Waals surface area contributed by atoms with E-state index in [0.717, 1.165) is 30.6 Å². The van der Waals surface area contributed by atoms with E-state index < -0.39 is 0 Å². The molecule has 5 heteroatoms. The van der Waals surface area contributed by atoms with Gasteiger partial charge in [0.25, 0.3) is 0 Å². The van der Waals surface area contributed by atoms with Gasteiger partial charge in [0.1, 0.15) is 11.9 Å². The first kappa shape index (κ1) is 14.9. The summed E-state index contributed by atoms with van der Waals surface area (Å²) in [6.07, 6.45) is 3.60. The van der Waals surface area contributed by atoms with Crippen LogP contribution in [0.1, 0.15) is 18.4 Å². The van der Waals surface area contributed by atoms with Crippen molar-refractivity contribution in [2.75, 3.05) is 16.8 Å². The first-order valence-corrected chi connectivity index (χ1v) is 7.77. The summed E-state index contributed by atoms with van der Waals surface area (Å²) in [5, 5.41) is 3.61. The third-order valence-electron chi connectivity index (χ3n) is 3.88. The average Bonchev–Trinajstić information content (AvgIpc) is 3.00. The lowest BCUT2D eigenvalue weighted by Crippen LogP contribution is -2.39. The third kappa shape index (κ3) is 3.22. The fraction of sp³-hybridized carbons (Fsp3) is 0.294. The molecule has 1 fully saturated rings. The van der Waals surface area contributed by atoms with Crippen molar-refractivity contribution < 1.29 is 4.79 Å². The molecule has 0 saturated carbocycles. The molecule has 1 aliphatic heterocycles. The number of aromatic nitrogens is 1. The standard InChI is InChI=1S/C17H18ClN3O/c1-12-4-9-16(19-11-12)20-17(22)15-3-2-10-21(15)14-7-5-13(18)6-8-14/h4-9,11,15H,2-3,10H2,1H3,(H,19,20,22)/t15-/m0/s1. The van der Waals surface area contributed by atoms with Gasteiger partial charge in [-0.3, -0.25) is 4.79 Å². The SMILES string of the molecule is Cc1ccc(NC(=O)[C@@H]2CCCN2c2ccc(Cl)cc2)nc1. The van der Waals surface area contributed by atoms with Crippen LogP contribution in [0, 0.1) is 6.92 Å². The molecule has 0 radical (unpaired) electrons. The van der Waals surface area contributed by atoms with E-state index in [9.17, 15) is 4.79 Å². The van der Waals surface area contributed by atoms with Gasteiger partial charge in [-0.05, 0) is 55.7 Å². The van der Waals surface area contributed by atoms with Gasteiger partial charge in [0.15, 0.2) is 0 Å². The lowest BCUT2D eigenvalue weighted by atomic mass is 10.2. The summed E-state index contributed by atoms with van der Waals surface area (Å²) in [5.74, 6) is 0.586. The van der Waals surface area contributed by atoms with Crippen LogP contribution in [0.4, 0.5) is 11.5 Å². The predicted molar refractivity (Wildman–Crippen MR) is 89.4 cm³/mol. The Morgan fingerprint density at radius 1 is 1.27 bits per heavy atom. The molecule has 0 aliphatic carbocycles. The lowest BCUT2D eigenvalue weighted by molar-refractivity contribution is -0.117. The van der Waals surface area contributed by atoms with E-state index in [2.05, 4.69) is 15.2 Å². The van der Waals surface area contributed by atoms with E-state index in [0.29, 0.717) is 10.8 Å². The van der Waals surface area contributed by atoms with Crippen molar-refractivity contribution in [2.45, 2.75) is 25.8 Å². The van der Waals surface area contributed by atoms with Gasteiger partial charge in [0.05, 0.1) is 0 Å². The minimum absolute atomic E-state index is 0.0104. The van der Waals surface area contributed by atoms with Gasteiger partial charge in [-0.2, -0.15) is 0 Å². The number of carbonyl (C=O) groups is 1. The Bertz CT molecular complexity index is 655. The summed E-state index contributed by atoms with van der Waals surface area (Å²) in [4.78, 5) is 18.9. The van der Waals surface area contributed by atoms with Crippen molar-refractivity contribution >= 4 is 29.0 Å². The number of halogens is 1. The molecule has 1 aromatic heterocycles. The minimum Gasteiger partial charge on any atom is -0.360 e. The average molecular weight is 316 g/mol. The number of rotatable bonds is 3. The number of benzene rings is 1. The Kier molecular flexibility index (Phi) is 4.29. The number of nitrogens with zero attached hydrogens (tertiary/aromatic N) is 2. The maximum absolute atomic E-state index is 12.5. The van der Waals surface area contributed by atoms with Gasteiger partial charge in [-0.1, -0.05) is 17.7 Å². The van der Waals surface area contributed by atoms with Gasteiger partial charge in [0, 0.05) is 23.5 Å². The zero-order valence-corrected chi connectivity index (χ0v) is 13.2. The van der Waals surface area contributed by atoms with E-state index in [4.69, 9.17) is 11.6 Å². The number of hydrogen-bond donors (Lipinski definition) is 1. The van der Waals surface area contributed by atoms with Gasteiger partial charge in [-0.15, -0.1) is 0 Å². The van der Waals surface area contributed by atoms with Crippen LogP contribution in [0.25, 0.3) is 0 Å². The Morgan fingerprint density at radius 2 is 2.05 bits per heavy atom. The van der Waals surface area contributed by atoms with Crippen molar-refractivity contribution in [3.8, 4) is 0 Å². The largest absolute Gasteiger partial charge is 0.360 e. The summed E-state index contributed by atoms with van der Waals surface area (Å²) in [6.45, 7) is 2.85. The molecule has 1 aliphatic rings. The topological polar surface area (TPSA) is 45.2 Å². The van der Waals surface area contributed by atoms with E-state index in [1.165, 1.54) is 0 Å². The summed E-state index contributed by atoms with van der Waals surface area (Å²) in [7, 11) is 0. The second-order valence-electron chi connectivity index (χ2n) is 5.54. The number of carbonyl (C=O) groups excluding carboxylic acids is 1. The normalized spacial score (nSPS) is 17.5. The molecule has 22 heavy (non-hydrogen) atoms. The van der Waals surface area contributed by atoms with Gasteiger partial charge in [-0.25, -0.2) is 4.98 Å². The van der Waals surface area contributed by atoms with Crippen LogP contribution in [0.3, 0.4) is 0 Å². The van der Waals surface area contributed by atoms with Crippen molar-refractivity contribution in [3.63, 3.8) is 0 Å². The number of aryl methyl sites for hydroxylation is 1. The summed E-state index contributed by atoms with van der Waals surface area (Å²) in [5.41, 5.74) is 2.10. The molecule has 114 valence electrons. The Hall–Kier alpha value is -2.07. The molecule has 1 N–H and O–H groups in total. The minimum atomic E-state index is -0.163. The van der Waals surface area contributed by atoms with E-state index in [1.807, 2.05) is 43.3 Å². The van der Waals surface area contributed by atoms with Crippen LogP contribution in [0.15, 0.2) is 42.6 Å². The lowest BCUT2D eigenvalue weighted by Gasteiger charge is -2.25. The molecule has 1 amide bonds. The zero-order valence-electron chi connectivity index (χ0n) is 12.4. The van der Waals surface area contributed by atoms with Crippen LogP contribution in [-0.4, -0.2) is 23.5 Å². The first-order valence-electron chi connectivity index (χ1n) is 7.39. The zero-order chi connectivity index (χ0) is 15.5. The quantitative estimate of drug-likeness (QED) is 0.940. The molecule has 4 nitrogen and oxygen atoms in total. The van der Waals surface area contributed by atoms with Crippen LogP contribution < -0.4 is 10.2 Å². The molecule has 0 spiro atoms. The van der Waals surface area contributed by atoms with Crippen LogP contribution in [0.2, 0.25) is 5.02 Å². The van der Waals surface area contributed by atoms with E-state index in [-0.39, 0.29) is 11.9 Å². The van der Waals surface area contributed by atoms with Crippen molar-refractivity contribution in [3.05, 3.63) is 53.2 Å². The Labute approximate surface area is 135 Å². The monoisotopic (exact) mass is 315 g/mol. The molecule has 1 atom stereocenters. The molecule has 1 aromatic carbocycles.